The monoisotopic (exact) mass is 282 g/mol. The summed E-state index contributed by atoms with van der Waals surface area (Å²) in [5.74, 6) is 0.790. The number of pyridine rings is 1. The second-order valence-corrected chi connectivity index (χ2v) is 4.62. The van der Waals surface area contributed by atoms with E-state index >= 15 is 0 Å². The minimum absolute atomic E-state index is 0.104. The maximum atomic E-state index is 5.40. The maximum absolute atomic E-state index is 5.40. The van der Waals surface area contributed by atoms with Crippen molar-refractivity contribution < 1.29 is 4.74 Å². The van der Waals surface area contributed by atoms with Crippen molar-refractivity contribution in [3.8, 4) is 0 Å². The molecule has 0 amide bonds. The first-order chi connectivity index (χ1) is 7.83. The van der Waals surface area contributed by atoms with Gasteiger partial charge in [0.1, 0.15) is 0 Å². The third-order valence-corrected chi connectivity index (χ3v) is 3.04. The third-order valence-electron chi connectivity index (χ3n) is 2.55. The number of aromatic nitrogens is 3. The van der Waals surface area contributed by atoms with Gasteiger partial charge < -0.3 is 10.1 Å². The third kappa shape index (κ3) is 1.83. The van der Waals surface area contributed by atoms with E-state index in [0.717, 1.165) is 29.1 Å². The molecule has 1 aliphatic rings. The second-order valence-electron chi connectivity index (χ2n) is 3.70. The number of nitrogens with zero attached hydrogens (tertiary/aromatic N) is 3. The predicted octanol–water partition coefficient (Wildman–Crippen LogP) is 1.15. The zero-order valence-corrected chi connectivity index (χ0v) is 10.1. The van der Waals surface area contributed by atoms with E-state index < -0.39 is 0 Å². The summed E-state index contributed by atoms with van der Waals surface area (Å²) in [5, 5.41) is 7.76. The van der Waals surface area contributed by atoms with Crippen LogP contribution in [0.1, 0.15) is 11.9 Å². The molecular weight excluding hydrogens is 272 g/mol. The van der Waals surface area contributed by atoms with Crippen molar-refractivity contribution in [3.63, 3.8) is 0 Å². The lowest BCUT2D eigenvalue weighted by molar-refractivity contribution is 0.0743. The molecule has 3 heterocycles. The molecule has 16 heavy (non-hydrogen) atoms. The first kappa shape index (κ1) is 10.2. The Balaban J connectivity index is 1.97. The van der Waals surface area contributed by atoms with Crippen LogP contribution in [0.2, 0.25) is 0 Å². The summed E-state index contributed by atoms with van der Waals surface area (Å²) in [7, 11) is 0. The summed E-state index contributed by atoms with van der Waals surface area (Å²) in [5.41, 5.74) is 0.844. The molecule has 2 aromatic rings. The Morgan fingerprint density at radius 3 is 3.31 bits per heavy atom. The topological polar surface area (TPSA) is 51.5 Å². The van der Waals surface area contributed by atoms with E-state index in [0.29, 0.717) is 6.61 Å². The lowest BCUT2D eigenvalue weighted by Gasteiger charge is -2.20. The van der Waals surface area contributed by atoms with Crippen LogP contribution in [-0.4, -0.2) is 34.4 Å². The lowest BCUT2D eigenvalue weighted by Crippen LogP contribution is -2.35. The van der Waals surface area contributed by atoms with Crippen LogP contribution in [0, 0.1) is 0 Å². The van der Waals surface area contributed by atoms with Crippen LogP contribution in [-0.2, 0) is 4.74 Å². The van der Waals surface area contributed by atoms with Crippen molar-refractivity contribution in [1.29, 1.82) is 0 Å². The molecule has 1 unspecified atom stereocenters. The highest BCUT2D eigenvalue weighted by molar-refractivity contribution is 9.10. The van der Waals surface area contributed by atoms with E-state index in [1.54, 1.807) is 4.52 Å². The average molecular weight is 283 g/mol. The molecule has 1 N–H and O–H groups in total. The van der Waals surface area contributed by atoms with Crippen LogP contribution in [0.3, 0.4) is 0 Å². The maximum Gasteiger partial charge on any atom is 0.170 e. The summed E-state index contributed by atoms with van der Waals surface area (Å²) in [4.78, 5) is 4.48. The van der Waals surface area contributed by atoms with Gasteiger partial charge in [-0.1, -0.05) is 15.9 Å². The Labute approximate surface area is 101 Å². The van der Waals surface area contributed by atoms with E-state index in [9.17, 15) is 0 Å². The summed E-state index contributed by atoms with van der Waals surface area (Å²) < 4.78 is 8.18. The largest absolute Gasteiger partial charge is 0.378 e. The van der Waals surface area contributed by atoms with Gasteiger partial charge in [0.05, 0.1) is 19.3 Å². The smallest absolute Gasteiger partial charge is 0.170 e. The Morgan fingerprint density at radius 1 is 1.56 bits per heavy atom. The number of morpholine rings is 1. The van der Waals surface area contributed by atoms with Crippen LogP contribution in [0.25, 0.3) is 5.65 Å². The molecule has 0 bridgehead atoms. The van der Waals surface area contributed by atoms with Gasteiger partial charge in [0.15, 0.2) is 11.5 Å². The first-order valence-corrected chi connectivity index (χ1v) is 5.95. The van der Waals surface area contributed by atoms with Crippen LogP contribution in [0.5, 0.6) is 0 Å². The molecule has 1 atom stereocenters. The van der Waals surface area contributed by atoms with Gasteiger partial charge in [-0.05, 0) is 12.1 Å². The van der Waals surface area contributed by atoms with Crippen molar-refractivity contribution >= 4 is 21.6 Å². The molecule has 3 rings (SSSR count). The lowest BCUT2D eigenvalue weighted by atomic mass is 10.3. The van der Waals surface area contributed by atoms with Gasteiger partial charge in [-0.2, -0.15) is 0 Å². The highest BCUT2D eigenvalue weighted by Gasteiger charge is 2.19. The summed E-state index contributed by atoms with van der Waals surface area (Å²) in [6.07, 6.45) is 1.89. The summed E-state index contributed by atoms with van der Waals surface area (Å²) >= 11 is 3.42. The van der Waals surface area contributed by atoms with Crippen LogP contribution in [0.4, 0.5) is 0 Å². The number of hydrogen-bond acceptors (Lipinski definition) is 4. The summed E-state index contributed by atoms with van der Waals surface area (Å²) in [6.45, 7) is 2.25. The molecule has 0 saturated carbocycles. The molecule has 1 fully saturated rings. The number of fused-ring (bicyclic) bond motifs is 1. The molecule has 0 aromatic carbocycles. The van der Waals surface area contributed by atoms with Gasteiger partial charge in [-0.3, -0.25) is 0 Å². The fraction of sp³-hybridized carbons (Fsp3) is 0.400. The standard InChI is InChI=1S/C10H11BrN4O/c11-7-1-3-15-9(5-7)13-10(14-15)8-6-16-4-2-12-8/h1,3,5,8,12H,2,4,6H2. The van der Waals surface area contributed by atoms with E-state index in [4.69, 9.17) is 4.74 Å². The Morgan fingerprint density at radius 2 is 2.50 bits per heavy atom. The van der Waals surface area contributed by atoms with Gasteiger partial charge in [0, 0.05) is 17.2 Å². The molecular formula is C10H11BrN4O. The van der Waals surface area contributed by atoms with Crippen LogP contribution >= 0.6 is 15.9 Å². The molecule has 6 heteroatoms. The van der Waals surface area contributed by atoms with Crippen molar-refractivity contribution in [2.45, 2.75) is 6.04 Å². The van der Waals surface area contributed by atoms with Crippen LogP contribution < -0.4 is 5.32 Å². The van der Waals surface area contributed by atoms with E-state index in [1.165, 1.54) is 0 Å². The molecule has 5 nitrogen and oxygen atoms in total. The van der Waals surface area contributed by atoms with Gasteiger partial charge in [-0.15, -0.1) is 5.10 Å². The van der Waals surface area contributed by atoms with Gasteiger partial charge >= 0.3 is 0 Å². The molecule has 2 aromatic heterocycles. The SMILES string of the molecule is Brc1ccn2nc(C3COCCN3)nc2c1. The normalized spacial score (nSPS) is 21.4. The minimum atomic E-state index is 0.104. The quantitative estimate of drug-likeness (QED) is 0.853. The highest BCUT2D eigenvalue weighted by atomic mass is 79.9. The fourth-order valence-corrected chi connectivity index (χ4v) is 2.08. The van der Waals surface area contributed by atoms with Crippen molar-refractivity contribution in [2.75, 3.05) is 19.8 Å². The molecule has 0 aliphatic carbocycles. The molecule has 0 radical (unpaired) electrons. The highest BCUT2D eigenvalue weighted by Crippen LogP contribution is 2.15. The number of nitrogens with one attached hydrogen (secondary N) is 1. The van der Waals surface area contributed by atoms with Crippen LogP contribution in [0.15, 0.2) is 22.8 Å². The molecule has 1 saturated heterocycles. The van der Waals surface area contributed by atoms with Gasteiger partial charge in [0.2, 0.25) is 0 Å². The zero-order valence-electron chi connectivity index (χ0n) is 8.56. The fourth-order valence-electron chi connectivity index (χ4n) is 1.75. The Hall–Kier alpha value is -0.980. The summed E-state index contributed by atoms with van der Waals surface area (Å²) in [6, 6.07) is 3.99. The second kappa shape index (κ2) is 4.12. The van der Waals surface area contributed by atoms with E-state index in [2.05, 4.69) is 31.3 Å². The van der Waals surface area contributed by atoms with Crippen molar-refractivity contribution in [3.05, 3.63) is 28.6 Å². The Bertz CT molecular complexity index is 506. The van der Waals surface area contributed by atoms with E-state index in [-0.39, 0.29) is 6.04 Å². The number of ether oxygens (including phenoxy) is 1. The predicted molar refractivity (Wildman–Crippen MR) is 62.2 cm³/mol. The number of rotatable bonds is 1. The average Bonchev–Trinajstić information content (AvgIpc) is 2.73. The first-order valence-electron chi connectivity index (χ1n) is 5.16. The Kier molecular flexibility index (Phi) is 2.62. The number of halogens is 1. The molecule has 84 valence electrons. The van der Waals surface area contributed by atoms with Gasteiger partial charge in [0.25, 0.3) is 0 Å². The van der Waals surface area contributed by atoms with Gasteiger partial charge in [-0.25, -0.2) is 9.50 Å². The number of hydrogen-bond donors (Lipinski definition) is 1. The minimum Gasteiger partial charge on any atom is -0.378 e. The van der Waals surface area contributed by atoms with E-state index in [1.807, 2.05) is 18.3 Å². The molecule has 0 spiro atoms. The zero-order chi connectivity index (χ0) is 11.0. The van der Waals surface area contributed by atoms with Crippen molar-refractivity contribution in [1.82, 2.24) is 19.9 Å². The molecule has 1 aliphatic heterocycles. The van der Waals surface area contributed by atoms with Crippen molar-refractivity contribution in [2.24, 2.45) is 0 Å².